The minimum atomic E-state index is -0.544. The first-order valence-corrected chi connectivity index (χ1v) is 8.14. The largest absolute Gasteiger partial charge is 0.444 e. The smallest absolute Gasteiger partial charge is 0.408 e. The van der Waals surface area contributed by atoms with Gasteiger partial charge in [0.25, 0.3) is 0 Å². The summed E-state index contributed by atoms with van der Waals surface area (Å²) in [5, 5.41) is 6.73. The number of aromatic nitrogens is 4. The SMILES string of the molecule is C[C@H](NC(=O)OC(C)(C)C)c1noc([C@@H]2CCn3cncc3C2)n1. The van der Waals surface area contributed by atoms with Gasteiger partial charge in [-0.3, -0.25) is 0 Å². The molecule has 1 amide bonds. The van der Waals surface area contributed by atoms with Gasteiger partial charge in [0.05, 0.1) is 12.4 Å². The lowest BCUT2D eigenvalue weighted by molar-refractivity contribution is 0.0505. The first-order valence-electron chi connectivity index (χ1n) is 8.14. The van der Waals surface area contributed by atoms with Gasteiger partial charge in [-0.25, -0.2) is 9.78 Å². The van der Waals surface area contributed by atoms with Crippen LogP contribution in [0.5, 0.6) is 0 Å². The van der Waals surface area contributed by atoms with Crippen LogP contribution >= 0.6 is 0 Å². The van der Waals surface area contributed by atoms with Crippen molar-refractivity contribution < 1.29 is 14.1 Å². The molecule has 1 N–H and O–H groups in total. The maximum absolute atomic E-state index is 11.8. The number of hydrogen-bond acceptors (Lipinski definition) is 6. The van der Waals surface area contributed by atoms with Crippen molar-refractivity contribution in [1.29, 1.82) is 0 Å². The Balaban J connectivity index is 1.62. The Morgan fingerprint density at radius 3 is 3.04 bits per heavy atom. The van der Waals surface area contributed by atoms with Gasteiger partial charge < -0.3 is 19.1 Å². The zero-order valence-corrected chi connectivity index (χ0v) is 14.4. The van der Waals surface area contributed by atoms with Gasteiger partial charge in [0.1, 0.15) is 5.60 Å². The molecule has 0 spiro atoms. The van der Waals surface area contributed by atoms with Crippen LogP contribution in [0.2, 0.25) is 0 Å². The highest BCUT2D eigenvalue weighted by atomic mass is 16.6. The summed E-state index contributed by atoms with van der Waals surface area (Å²) >= 11 is 0. The molecule has 0 aliphatic carbocycles. The molecule has 0 radical (unpaired) electrons. The molecule has 24 heavy (non-hydrogen) atoms. The standard InChI is InChI=1S/C16H23N5O3/c1-10(18-15(22)23-16(2,3)4)13-19-14(24-20-13)11-5-6-21-9-17-8-12(21)7-11/h8-11H,5-7H2,1-4H3,(H,18,22)/t10-,11+/m0/s1. The van der Waals surface area contributed by atoms with Crippen LogP contribution in [0.1, 0.15) is 63.5 Å². The lowest BCUT2D eigenvalue weighted by Gasteiger charge is -2.21. The number of carbonyl (C=O) groups is 1. The Morgan fingerprint density at radius 1 is 1.50 bits per heavy atom. The Bertz CT molecular complexity index is 715. The third-order valence-corrected chi connectivity index (χ3v) is 3.90. The van der Waals surface area contributed by atoms with E-state index in [-0.39, 0.29) is 12.0 Å². The molecule has 3 rings (SSSR count). The van der Waals surface area contributed by atoms with Crippen molar-refractivity contribution in [3.05, 3.63) is 29.9 Å². The van der Waals surface area contributed by atoms with Gasteiger partial charge in [-0.2, -0.15) is 4.98 Å². The number of alkyl carbamates (subject to hydrolysis) is 1. The van der Waals surface area contributed by atoms with E-state index < -0.39 is 11.7 Å². The molecule has 0 bridgehead atoms. The number of amides is 1. The molecule has 1 aliphatic rings. The van der Waals surface area contributed by atoms with Gasteiger partial charge in [-0.1, -0.05) is 5.16 Å². The van der Waals surface area contributed by atoms with E-state index in [0.717, 1.165) is 19.4 Å². The van der Waals surface area contributed by atoms with E-state index in [2.05, 4.69) is 25.0 Å². The number of hydrogen-bond donors (Lipinski definition) is 1. The lowest BCUT2D eigenvalue weighted by atomic mass is 9.96. The topological polar surface area (TPSA) is 95.1 Å². The Morgan fingerprint density at radius 2 is 2.29 bits per heavy atom. The van der Waals surface area contributed by atoms with Crippen LogP contribution in [-0.2, 0) is 17.7 Å². The van der Waals surface area contributed by atoms with E-state index in [4.69, 9.17) is 9.26 Å². The van der Waals surface area contributed by atoms with E-state index in [0.29, 0.717) is 11.7 Å². The lowest BCUT2D eigenvalue weighted by Crippen LogP contribution is -2.34. The molecular formula is C16H23N5O3. The minimum absolute atomic E-state index is 0.184. The van der Waals surface area contributed by atoms with Gasteiger partial charge in [-0.15, -0.1) is 0 Å². The number of nitrogens with one attached hydrogen (secondary N) is 1. The summed E-state index contributed by atoms with van der Waals surface area (Å²) < 4.78 is 12.8. The summed E-state index contributed by atoms with van der Waals surface area (Å²) in [5.74, 6) is 1.24. The third-order valence-electron chi connectivity index (χ3n) is 3.90. The molecule has 3 heterocycles. The second-order valence-electron chi connectivity index (χ2n) is 7.13. The molecule has 2 aromatic heterocycles. The monoisotopic (exact) mass is 333 g/mol. The molecule has 0 aromatic carbocycles. The second-order valence-corrected chi connectivity index (χ2v) is 7.13. The van der Waals surface area contributed by atoms with Crippen molar-refractivity contribution in [1.82, 2.24) is 25.0 Å². The van der Waals surface area contributed by atoms with Gasteiger partial charge >= 0.3 is 6.09 Å². The molecule has 2 atom stereocenters. The fourth-order valence-corrected chi connectivity index (χ4v) is 2.72. The predicted octanol–water partition coefficient (Wildman–Crippen LogP) is 2.58. The first kappa shape index (κ1) is 16.5. The molecule has 130 valence electrons. The maximum Gasteiger partial charge on any atom is 0.408 e. The number of nitrogens with zero attached hydrogens (tertiary/aromatic N) is 4. The summed E-state index contributed by atoms with van der Waals surface area (Å²) in [6.45, 7) is 8.14. The maximum atomic E-state index is 11.8. The Hall–Kier alpha value is -2.38. The number of carbonyl (C=O) groups excluding carboxylic acids is 1. The summed E-state index contributed by atoms with van der Waals surface area (Å²) in [6.07, 6.45) is 4.98. The van der Waals surface area contributed by atoms with Crippen molar-refractivity contribution in [2.24, 2.45) is 0 Å². The zero-order chi connectivity index (χ0) is 17.3. The zero-order valence-electron chi connectivity index (χ0n) is 14.4. The van der Waals surface area contributed by atoms with E-state index in [1.54, 1.807) is 6.92 Å². The second kappa shape index (κ2) is 6.26. The third kappa shape index (κ3) is 3.74. The minimum Gasteiger partial charge on any atom is -0.444 e. The van der Waals surface area contributed by atoms with E-state index in [1.165, 1.54) is 5.69 Å². The number of aryl methyl sites for hydroxylation is 1. The van der Waals surface area contributed by atoms with Crippen LogP contribution in [0.3, 0.4) is 0 Å². The van der Waals surface area contributed by atoms with Crippen molar-refractivity contribution in [2.75, 3.05) is 0 Å². The van der Waals surface area contributed by atoms with Gasteiger partial charge in [-0.05, 0) is 34.1 Å². The molecule has 0 saturated heterocycles. The Labute approximate surface area is 140 Å². The molecule has 2 aromatic rings. The molecular weight excluding hydrogens is 310 g/mol. The quantitative estimate of drug-likeness (QED) is 0.927. The Kier molecular flexibility index (Phi) is 4.29. The van der Waals surface area contributed by atoms with Crippen molar-refractivity contribution in [2.45, 2.75) is 64.6 Å². The van der Waals surface area contributed by atoms with Crippen LogP contribution < -0.4 is 5.32 Å². The van der Waals surface area contributed by atoms with E-state index in [1.807, 2.05) is 33.3 Å². The molecule has 1 aliphatic heterocycles. The van der Waals surface area contributed by atoms with Crippen molar-refractivity contribution >= 4 is 6.09 Å². The molecule has 8 nitrogen and oxygen atoms in total. The molecule has 0 fully saturated rings. The first-order chi connectivity index (χ1) is 11.3. The average Bonchev–Trinajstić information content (AvgIpc) is 3.13. The number of ether oxygens (including phenoxy) is 1. The summed E-state index contributed by atoms with van der Waals surface area (Å²) in [5.41, 5.74) is 0.628. The van der Waals surface area contributed by atoms with E-state index >= 15 is 0 Å². The normalized spacial score (nSPS) is 18.8. The number of rotatable bonds is 3. The number of fused-ring (bicyclic) bond motifs is 1. The van der Waals surface area contributed by atoms with Crippen molar-refractivity contribution in [3.8, 4) is 0 Å². The fourth-order valence-electron chi connectivity index (χ4n) is 2.72. The highest BCUT2D eigenvalue weighted by Crippen LogP contribution is 2.28. The van der Waals surface area contributed by atoms with Crippen molar-refractivity contribution in [3.63, 3.8) is 0 Å². The van der Waals surface area contributed by atoms with Gasteiger partial charge in [0.15, 0.2) is 5.82 Å². The highest BCUT2D eigenvalue weighted by Gasteiger charge is 2.27. The van der Waals surface area contributed by atoms with Crippen LogP contribution in [0.15, 0.2) is 17.0 Å². The molecule has 0 saturated carbocycles. The van der Waals surface area contributed by atoms with Crippen LogP contribution in [0, 0.1) is 0 Å². The summed E-state index contributed by atoms with van der Waals surface area (Å²) in [4.78, 5) is 20.5. The predicted molar refractivity (Wildman–Crippen MR) is 85.4 cm³/mol. The van der Waals surface area contributed by atoms with E-state index in [9.17, 15) is 4.79 Å². The van der Waals surface area contributed by atoms with Crippen LogP contribution in [0.4, 0.5) is 4.79 Å². The fraction of sp³-hybridized carbons (Fsp3) is 0.625. The molecule has 8 heteroatoms. The number of imidazole rings is 1. The van der Waals surface area contributed by atoms with Crippen LogP contribution in [0.25, 0.3) is 0 Å². The molecule has 0 unspecified atom stereocenters. The summed E-state index contributed by atoms with van der Waals surface area (Å²) in [6, 6.07) is -0.383. The van der Waals surface area contributed by atoms with Gasteiger partial charge in [0.2, 0.25) is 5.89 Å². The van der Waals surface area contributed by atoms with Gasteiger partial charge in [0, 0.05) is 30.8 Å². The average molecular weight is 333 g/mol. The van der Waals surface area contributed by atoms with Crippen LogP contribution in [-0.4, -0.2) is 31.4 Å². The summed E-state index contributed by atoms with van der Waals surface area (Å²) in [7, 11) is 0. The highest BCUT2D eigenvalue weighted by molar-refractivity contribution is 5.68.